The zero-order valence-electron chi connectivity index (χ0n) is 4.49. The van der Waals surface area contributed by atoms with Gasteiger partial charge in [0, 0.05) is 0 Å². The van der Waals surface area contributed by atoms with E-state index < -0.39 is 22.5 Å². The SMILES string of the molecule is O=S(=O)([O-])CCO.[Li+]. The standard InChI is InChI=1S/C2H6O4S.Li/c3-1-2-7(4,5)6;/h3H,1-2H2,(H,4,5,6);/q;+1/p-1. The van der Waals surface area contributed by atoms with Gasteiger partial charge in [-0.3, -0.25) is 0 Å². The molecule has 0 heterocycles. The molecule has 0 atom stereocenters. The molecule has 6 heteroatoms. The molecule has 0 spiro atoms. The monoisotopic (exact) mass is 132 g/mol. The van der Waals surface area contributed by atoms with Crippen LogP contribution in [0.1, 0.15) is 0 Å². The molecule has 0 bridgehead atoms. The molecular formula is C2H5LiO4S. The summed E-state index contributed by atoms with van der Waals surface area (Å²) in [5, 5.41) is 7.82. The van der Waals surface area contributed by atoms with Crippen LogP contribution in [0.3, 0.4) is 0 Å². The van der Waals surface area contributed by atoms with Crippen LogP contribution in [0.15, 0.2) is 0 Å². The summed E-state index contributed by atoms with van der Waals surface area (Å²) in [7, 11) is -4.17. The van der Waals surface area contributed by atoms with Gasteiger partial charge in [0.05, 0.1) is 22.5 Å². The van der Waals surface area contributed by atoms with Crippen LogP contribution < -0.4 is 18.9 Å². The van der Waals surface area contributed by atoms with Gasteiger partial charge >= 0.3 is 18.9 Å². The van der Waals surface area contributed by atoms with E-state index in [-0.39, 0.29) is 18.9 Å². The summed E-state index contributed by atoms with van der Waals surface area (Å²) < 4.78 is 28.5. The minimum atomic E-state index is -4.17. The molecule has 0 saturated carbocycles. The maximum Gasteiger partial charge on any atom is 1.00 e. The van der Waals surface area contributed by atoms with Crippen LogP contribution >= 0.6 is 0 Å². The summed E-state index contributed by atoms with van der Waals surface area (Å²) >= 11 is 0. The first-order valence-electron chi connectivity index (χ1n) is 1.60. The van der Waals surface area contributed by atoms with E-state index in [0.29, 0.717) is 0 Å². The summed E-state index contributed by atoms with van der Waals surface area (Å²) in [6, 6.07) is 0. The van der Waals surface area contributed by atoms with Gasteiger partial charge in [-0.2, -0.15) is 0 Å². The van der Waals surface area contributed by atoms with Crippen molar-refractivity contribution in [1.82, 2.24) is 0 Å². The molecule has 0 radical (unpaired) electrons. The van der Waals surface area contributed by atoms with Crippen molar-refractivity contribution in [2.75, 3.05) is 12.4 Å². The Balaban J connectivity index is 0. The normalized spacial score (nSPS) is 10.2. The van der Waals surface area contributed by atoms with Crippen LogP contribution in [0, 0.1) is 0 Å². The Morgan fingerprint density at radius 2 is 1.88 bits per heavy atom. The Hall–Kier alpha value is 0.467. The van der Waals surface area contributed by atoms with Gasteiger partial charge in [0.1, 0.15) is 0 Å². The third-order valence-corrected chi connectivity index (χ3v) is 1.02. The Morgan fingerprint density at radius 3 is 1.88 bits per heavy atom. The van der Waals surface area contributed by atoms with Crippen LogP contribution in [-0.4, -0.2) is 30.4 Å². The Bertz CT molecular complexity index is 127. The predicted octanol–water partition coefficient (Wildman–Crippen LogP) is -4.47. The molecular weight excluding hydrogens is 127 g/mol. The van der Waals surface area contributed by atoms with Crippen molar-refractivity contribution in [1.29, 1.82) is 0 Å². The van der Waals surface area contributed by atoms with E-state index in [1.165, 1.54) is 0 Å². The smallest absolute Gasteiger partial charge is 0.748 e. The van der Waals surface area contributed by atoms with Crippen LogP contribution in [0.2, 0.25) is 0 Å². The molecule has 0 aliphatic carbocycles. The topological polar surface area (TPSA) is 77.4 Å². The molecule has 8 heavy (non-hydrogen) atoms. The molecule has 0 fully saturated rings. The second-order valence-electron chi connectivity index (χ2n) is 0.985. The number of aliphatic hydroxyl groups is 1. The van der Waals surface area contributed by atoms with E-state index >= 15 is 0 Å². The van der Waals surface area contributed by atoms with Gasteiger partial charge in [-0.15, -0.1) is 0 Å². The number of rotatable bonds is 2. The van der Waals surface area contributed by atoms with E-state index in [0.717, 1.165) is 0 Å². The maximum absolute atomic E-state index is 9.52. The first-order valence-corrected chi connectivity index (χ1v) is 3.18. The third-order valence-electron chi connectivity index (χ3n) is 0.341. The minimum Gasteiger partial charge on any atom is -0.748 e. The van der Waals surface area contributed by atoms with Crippen molar-refractivity contribution in [2.24, 2.45) is 0 Å². The molecule has 0 saturated heterocycles. The molecule has 0 amide bonds. The molecule has 0 aliphatic rings. The van der Waals surface area contributed by atoms with Gasteiger partial charge in [-0.25, -0.2) is 8.42 Å². The predicted molar refractivity (Wildman–Crippen MR) is 21.6 cm³/mol. The average molecular weight is 132 g/mol. The number of hydrogen-bond acceptors (Lipinski definition) is 4. The zero-order chi connectivity index (χ0) is 5.91. The second-order valence-corrected chi connectivity index (χ2v) is 2.51. The Labute approximate surface area is 59.8 Å². The number of aliphatic hydroxyl groups excluding tert-OH is 1. The summed E-state index contributed by atoms with van der Waals surface area (Å²) in [5.74, 6) is -0.688. The minimum absolute atomic E-state index is 0. The third kappa shape index (κ3) is 9.69. The fourth-order valence-electron chi connectivity index (χ4n) is 0.112. The second kappa shape index (κ2) is 4.36. The molecule has 0 aromatic carbocycles. The number of hydrogen-bond donors (Lipinski definition) is 1. The van der Waals surface area contributed by atoms with E-state index in [1.54, 1.807) is 0 Å². The Morgan fingerprint density at radius 1 is 1.50 bits per heavy atom. The maximum atomic E-state index is 9.52. The Kier molecular flexibility index (Phi) is 6.15. The van der Waals surface area contributed by atoms with E-state index in [1.807, 2.05) is 0 Å². The van der Waals surface area contributed by atoms with Crippen molar-refractivity contribution in [2.45, 2.75) is 0 Å². The first-order chi connectivity index (χ1) is 3.06. The quantitative estimate of drug-likeness (QED) is 0.303. The first kappa shape index (κ1) is 11.3. The van der Waals surface area contributed by atoms with Crippen LogP contribution in [0.4, 0.5) is 0 Å². The van der Waals surface area contributed by atoms with Crippen molar-refractivity contribution in [3.05, 3.63) is 0 Å². The molecule has 0 unspecified atom stereocenters. The van der Waals surface area contributed by atoms with E-state index in [4.69, 9.17) is 5.11 Å². The van der Waals surface area contributed by atoms with Crippen molar-refractivity contribution in [3.63, 3.8) is 0 Å². The largest absolute Gasteiger partial charge is 1.00 e. The van der Waals surface area contributed by atoms with Gasteiger partial charge in [-0.05, 0) is 0 Å². The van der Waals surface area contributed by atoms with Gasteiger partial charge in [0.15, 0.2) is 0 Å². The van der Waals surface area contributed by atoms with Crippen molar-refractivity contribution < 1.29 is 36.9 Å². The fraction of sp³-hybridized carbons (Fsp3) is 1.00. The van der Waals surface area contributed by atoms with Crippen molar-refractivity contribution >= 4 is 10.1 Å². The summed E-state index contributed by atoms with van der Waals surface area (Å²) in [5.41, 5.74) is 0. The van der Waals surface area contributed by atoms with Crippen LogP contribution in [0.5, 0.6) is 0 Å². The molecule has 4 nitrogen and oxygen atoms in total. The summed E-state index contributed by atoms with van der Waals surface area (Å²) in [6.45, 7) is -0.591. The van der Waals surface area contributed by atoms with Crippen LogP contribution in [-0.2, 0) is 10.1 Å². The van der Waals surface area contributed by atoms with Gasteiger partial charge in [-0.1, -0.05) is 0 Å². The molecule has 0 aliphatic heterocycles. The van der Waals surface area contributed by atoms with Crippen molar-refractivity contribution in [3.8, 4) is 0 Å². The molecule has 0 aromatic heterocycles. The summed E-state index contributed by atoms with van der Waals surface area (Å²) in [6.07, 6.45) is 0. The molecule has 0 aromatic rings. The van der Waals surface area contributed by atoms with Gasteiger partial charge in [0.25, 0.3) is 0 Å². The fourth-order valence-corrected chi connectivity index (χ4v) is 0.335. The molecule has 1 N–H and O–H groups in total. The van der Waals surface area contributed by atoms with Crippen LogP contribution in [0.25, 0.3) is 0 Å². The van der Waals surface area contributed by atoms with E-state index in [9.17, 15) is 13.0 Å². The van der Waals surface area contributed by atoms with E-state index in [2.05, 4.69) is 0 Å². The molecule has 44 valence electrons. The summed E-state index contributed by atoms with van der Waals surface area (Å²) in [4.78, 5) is 0. The average Bonchev–Trinajstić information content (AvgIpc) is 1.30. The van der Waals surface area contributed by atoms with Gasteiger partial charge < -0.3 is 9.66 Å². The van der Waals surface area contributed by atoms with Gasteiger partial charge in [0.2, 0.25) is 0 Å². The molecule has 0 rings (SSSR count). The zero-order valence-corrected chi connectivity index (χ0v) is 5.31.